The van der Waals surface area contributed by atoms with Gasteiger partial charge in [-0.05, 0) is 25.3 Å². The molecule has 1 aromatic rings. The van der Waals surface area contributed by atoms with Crippen molar-refractivity contribution in [2.24, 2.45) is 0 Å². The lowest BCUT2D eigenvalue weighted by Crippen LogP contribution is -2.56. The average molecular weight is 238 g/mol. The largest absolute Gasteiger partial charge is 0.339 e. The maximum atomic E-state index is 12.1. The Morgan fingerprint density at radius 2 is 2.19 bits per heavy atom. The predicted molar refractivity (Wildman–Crippen MR) is 66.7 cm³/mol. The van der Waals surface area contributed by atoms with Gasteiger partial charge in [0.1, 0.15) is 0 Å². The minimum atomic E-state index is 0.252. The molecule has 3 nitrogen and oxygen atoms in total. The highest BCUT2D eigenvalue weighted by atomic mass is 32.1. The Morgan fingerprint density at radius 1 is 1.50 bits per heavy atom. The highest BCUT2D eigenvalue weighted by Gasteiger charge is 2.24. The van der Waals surface area contributed by atoms with Crippen LogP contribution < -0.4 is 5.32 Å². The summed E-state index contributed by atoms with van der Waals surface area (Å²) in [6.07, 6.45) is 0.553. The number of hydrogen-bond donors (Lipinski definition) is 1. The molecule has 2 rings (SSSR count). The number of hydrogen-bond acceptors (Lipinski definition) is 3. The van der Waals surface area contributed by atoms with Gasteiger partial charge in [0.05, 0.1) is 6.42 Å². The second-order valence-electron chi connectivity index (χ2n) is 4.52. The molecule has 1 aliphatic rings. The maximum Gasteiger partial charge on any atom is 0.227 e. The summed E-state index contributed by atoms with van der Waals surface area (Å²) in [5, 5.41) is 5.45. The SMILES string of the molecule is CC1CN(C(=O)Cc2cccs2)CC(C)N1. The molecule has 2 unspecified atom stereocenters. The highest BCUT2D eigenvalue weighted by molar-refractivity contribution is 7.10. The van der Waals surface area contributed by atoms with E-state index in [2.05, 4.69) is 19.2 Å². The molecule has 4 heteroatoms. The van der Waals surface area contributed by atoms with Gasteiger partial charge in [0.2, 0.25) is 5.91 Å². The van der Waals surface area contributed by atoms with E-state index in [0.717, 1.165) is 18.0 Å². The number of carbonyl (C=O) groups is 1. The Labute approximate surface area is 100 Å². The molecule has 2 heterocycles. The second-order valence-corrected chi connectivity index (χ2v) is 5.56. The summed E-state index contributed by atoms with van der Waals surface area (Å²) in [5.74, 6) is 0.252. The topological polar surface area (TPSA) is 32.3 Å². The van der Waals surface area contributed by atoms with E-state index in [1.54, 1.807) is 11.3 Å². The van der Waals surface area contributed by atoms with Crippen LogP contribution in [0.3, 0.4) is 0 Å². The number of amides is 1. The molecule has 0 saturated carbocycles. The van der Waals surface area contributed by atoms with Crippen LogP contribution in [0.25, 0.3) is 0 Å². The summed E-state index contributed by atoms with van der Waals surface area (Å²) in [6, 6.07) is 4.82. The van der Waals surface area contributed by atoms with Gasteiger partial charge < -0.3 is 10.2 Å². The first-order valence-electron chi connectivity index (χ1n) is 5.71. The van der Waals surface area contributed by atoms with Crippen LogP contribution in [0.2, 0.25) is 0 Å². The molecule has 1 saturated heterocycles. The zero-order valence-electron chi connectivity index (χ0n) is 9.77. The highest BCUT2D eigenvalue weighted by Crippen LogP contribution is 2.12. The minimum absolute atomic E-state index is 0.252. The summed E-state index contributed by atoms with van der Waals surface area (Å²) in [5.41, 5.74) is 0. The zero-order valence-corrected chi connectivity index (χ0v) is 10.6. The molecule has 1 aromatic heterocycles. The molecule has 0 spiro atoms. The lowest BCUT2D eigenvalue weighted by Gasteiger charge is -2.36. The second kappa shape index (κ2) is 4.97. The minimum Gasteiger partial charge on any atom is -0.339 e. The fourth-order valence-corrected chi connectivity index (χ4v) is 2.90. The third-order valence-corrected chi connectivity index (χ3v) is 3.69. The normalized spacial score (nSPS) is 25.8. The third-order valence-electron chi connectivity index (χ3n) is 2.82. The number of nitrogens with zero attached hydrogens (tertiary/aromatic N) is 1. The first-order valence-corrected chi connectivity index (χ1v) is 6.59. The van der Waals surface area contributed by atoms with Gasteiger partial charge >= 0.3 is 0 Å². The molecule has 88 valence electrons. The van der Waals surface area contributed by atoms with Crippen molar-refractivity contribution >= 4 is 17.2 Å². The molecule has 1 fully saturated rings. The lowest BCUT2D eigenvalue weighted by atomic mass is 10.1. The van der Waals surface area contributed by atoms with E-state index in [1.165, 1.54) is 0 Å². The molecular formula is C12H18N2OS. The molecule has 16 heavy (non-hydrogen) atoms. The Kier molecular flexibility index (Phi) is 3.61. The molecule has 1 aliphatic heterocycles. The fraction of sp³-hybridized carbons (Fsp3) is 0.583. The van der Waals surface area contributed by atoms with Crippen LogP contribution in [0.1, 0.15) is 18.7 Å². The van der Waals surface area contributed by atoms with Gasteiger partial charge in [-0.2, -0.15) is 0 Å². The number of thiophene rings is 1. The Balaban J connectivity index is 1.94. The van der Waals surface area contributed by atoms with Crippen LogP contribution in [0, 0.1) is 0 Å². The van der Waals surface area contributed by atoms with Crippen molar-refractivity contribution < 1.29 is 4.79 Å². The van der Waals surface area contributed by atoms with Gasteiger partial charge in [-0.1, -0.05) is 6.07 Å². The standard InChI is InChI=1S/C12H18N2OS/c1-9-7-14(8-10(2)13-9)12(15)6-11-4-3-5-16-11/h3-5,9-10,13H,6-8H2,1-2H3. The van der Waals surface area contributed by atoms with Crippen molar-refractivity contribution in [3.05, 3.63) is 22.4 Å². The van der Waals surface area contributed by atoms with Crippen LogP contribution in [0.15, 0.2) is 17.5 Å². The Hall–Kier alpha value is -0.870. The summed E-state index contributed by atoms with van der Waals surface area (Å²) >= 11 is 1.65. The molecule has 0 bridgehead atoms. The Bertz CT molecular complexity index is 340. The van der Waals surface area contributed by atoms with E-state index in [1.807, 2.05) is 22.4 Å². The van der Waals surface area contributed by atoms with Crippen LogP contribution in [0.4, 0.5) is 0 Å². The number of nitrogens with one attached hydrogen (secondary N) is 1. The van der Waals surface area contributed by atoms with E-state index in [9.17, 15) is 4.79 Å². The number of rotatable bonds is 2. The lowest BCUT2D eigenvalue weighted by molar-refractivity contribution is -0.132. The van der Waals surface area contributed by atoms with Gasteiger partial charge in [0.25, 0.3) is 0 Å². The predicted octanol–water partition coefficient (Wildman–Crippen LogP) is 1.50. The van der Waals surface area contributed by atoms with E-state index >= 15 is 0 Å². The molecule has 0 aromatic carbocycles. The molecular weight excluding hydrogens is 220 g/mol. The van der Waals surface area contributed by atoms with E-state index in [-0.39, 0.29) is 5.91 Å². The van der Waals surface area contributed by atoms with Crippen molar-refractivity contribution in [1.29, 1.82) is 0 Å². The molecule has 0 aliphatic carbocycles. The quantitative estimate of drug-likeness (QED) is 0.847. The summed E-state index contributed by atoms with van der Waals surface area (Å²) in [6.45, 7) is 5.91. The van der Waals surface area contributed by atoms with Crippen molar-refractivity contribution in [1.82, 2.24) is 10.2 Å². The fourth-order valence-electron chi connectivity index (χ4n) is 2.20. The maximum absolute atomic E-state index is 12.1. The zero-order chi connectivity index (χ0) is 11.5. The third kappa shape index (κ3) is 2.83. The summed E-state index contributed by atoms with van der Waals surface area (Å²) in [4.78, 5) is 15.2. The Morgan fingerprint density at radius 3 is 2.75 bits per heavy atom. The molecule has 2 atom stereocenters. The van der Waals surface area contributed by atoms with Crippen LogP contribution in [0.5, 0.6) is 0 Å². The van der Waals surface area contributed by atoms with Gasteiger partial charge in [-0.15, -0.1) is 11.3 Å². The van der Waals surface area contributed by atoms with Gasteiger partial charge in [0, 0.05) is 30.1 Å². The van der Waals surface area contributed by atoms with Crippen molar-refractivity contribution in [2.75, 3.05) is 13.1 Å². The van der Waals surface area contributed by atoms with Crippen molar-refractivity contribution in [3.8, 4) is 0 Å². The molecule has 1 N–H and O–H groups in total. The first-order chi connectivity index (χ1) is 7.65. The number of carbonyl (C=O) groups excluding carboxylic acids is 1. The molecule has 0 radical (unpaired) electrons. The van der Waals surface area contributed by atoms with E-state index in [4.69, 9.17) is 0 Å². The van der Waals surface area contributed by atoms with Crippen molar-refractivity contribution in [3.63, 3.8) is 0 Å². The van der Waals surface area contributed by atoms with Gasteiger partial charge in [-0.25, -0.2) is 0 Å². The smallest absolute Gasteiger partial charge is 0.227 e. The van der Waals surface area contributed by atoms with Crippen LogP contribution >= 0.6 is 11.3 Å². The average Bonchev–Trinajstić information content (AvgIpc) is 2.68. The van der Waals surface area contributed by atoms with E-state index in [0.29, 0.717) is 18.5 Å². The molecule has 1 amide bonds. The van der Waals surface area contributed by atoms with Crippen LogP contribution in [-0.2, 0) is 11.2 Å². The summed E-state index contributed by atoms with van der Waals surface area (Å²) < 4.78 is 0. The monoisotopic (exact) mass is 238 g/mol. The number of piperazine rings is 1. The van der Waals surface area contributed by atoms with Crippen molar-refractivity contribution in [2.45, 2.75) is 32.4 Å². The summed E-state index contributed by atoms with van der Waals surface area (Å²) in [7, 11) is 0. The first kappa shape index (κ1) is 11.6. The van der Waals surface area contributed by atoms with E-state index < -0.39 is 0 Å². The van der Waals surface area contributed by atoms with Gasteiger partial charge in [0.15, 0.2) is 0 Å². The van der Waals surface area contributed by atoms with Crippen LogP contribution in [-0.4, -0.2) is 36.0 Å². The van der Waals surface area contributed by atoms with Gasteiger partial charge in [-0.3, -0.25) is 4.79 Å².